The van der Waals surface area contributed by atoms with E-state index in [0.717, 1.165) is 20.8 Å². The Kier molecular flexibility index (Phi) is 93.7. The Bertz CT molecular complexity index is 213. The summed E-state index contributed by atoms with van der Waals surface area (Å²) in [5.41, 5.74) is 0. The smallest absolute Gasteiger partial charge is 0.300 e. The van der Waals surface area contributed by atoms with Crippen LogP contribution in [-0.4, -0.2) is 48.8 Å². The summed E-state index contributed by atoms with van der Waals surface area (Å²) < 4.78 is 0. The number of hydrogen-bond acceptors (Lipinski definition) is 9. The molecule has 21 heavy (non-hydrogen) atoms. The van der Waals surface area contributed by atoms with Crippen molar-refractivity contribution in [1.29, 1.82) is 0 Å². The Morgan fingerprint density at radius 3 is 0.571 bits per heavy atom. The molecule has 0 rings (SSSR count). The van der Waals surface area contributed by atoms with Crippen molar-refractivity contribution in [2.45, 2.75) is 20.8 Å². The van der Waals surface area contributed by atoms with Crippen molar-refractivity contribution in [2.75, 3.05) is 0 Å². The van der Waals surface area contributed by atoms with Gasteiger partial charge in [0.15, 0.2) is 16.0 Å². The molecule has 0 radical (unpaired) electrons. The van der Waals surface area contributed by atoms with Gasteiger partial charge in [0.1, 0.15) is 0 Å². The number of rotatable bonds is 0. The lowest BCUT2D eigenvalue weighted by molar-refractivity contribution is -0.135. The second kappa shape index (κ2) is 54.6. The molecule has 0 fully saturated rings. The topological polar surface area (TPSA) is 261 Å². The fraction of sp³-hybridized carbons (Fsp3) is 0.500. The summed E-state index contributed by atoms with van der Waals surface area (Å²) in [6, 6.07) is 0. The Labute approximate surface area is 116 Å². The van der Waals surface area contributed by atoms with Gasteiger partial charge >= 0.3 is 0 Å². The molecular formula is C6H15N3O12. The van der Waals surface area contributed by atoms with Crippen LogP contribution in [0.3, 0.4) is 0 Å². The third-order valence-corrected chi connectivity index (χ3v) is 0. The van der Waals surface area contributed by atoms with Crippen LogP contribution in [0.1, 0.15) is 20.8 Å². The first-order valence-corrected chi connectivity index (χ1v) is 3.93. The maximum Gasteiger partial charge on any atom is 0.300 e. The van der Waals surface area contributed by atoms with E-state index in [2.05, 4.69) is 0 Å². The number of carbonyl (C=O) groups is 3. The second-order valence-electron chi connectivity index (χ2n) is 1.80. The monoisotopic (exact) mass is 321 g/mol. The average Bonchev–Trinajstić information content (AvgIpc) is 2.16. The van der Waals surface area contributed by atoms with E-state index in [4.69, 9.17) is 60.0 Å². The van der Waals surface area contributed by atoms with Crippen LogP contribution in [-0.2, 0) is 14.4 Å². The van der Waals surface area contributed by atoms with Crippen LogP contribution in [0.15, 0.2) is 16.0 Å². The molecule has 0 unspecified atom stereocenters. The predicted molar refractivity (Wildman–Crippen MR) is 62.7 cm³/mol. The standard InChI is InChI=1S/3C2H4O2.3HNO2/c3*1-2(3)4;3*2-1-3/h3*1H3,(H,3,4);3*(H,2,3). The summed E-state index contributed by atoms with van der Waals surface area (Å²) in [4.78, 5) is 51.3. The molecule has 0 aromatic rings. The molecule has 6 N–H and O–H groups in total. The lowest BCUT2D eigenvalue weighted by Gasteiger charge is -1.59. The summed E-state index contributed by atoms with van der Waals surface area (Å²) in [5.74, 6) is -2.50. The lowest BCUT2D eigenvalue weighted by Crippen LogP contribution is -1.78. The molecule has 0 amide bonds. The molecule has 0 aliphatic carbocycles. The van der Waals surface area contributed by atoms with Gasteiger partial charge in [-0.1, -0.05) is 0 Å². The van der Waals surface area contributed by atoms with E-state index in [-0.39, 0.29) is 0 Å². The van der Waals surface area contributed by atoms with Crippen molar-refractivity contribution >= 4 is 17.9 Å². The van der Waals surface area contributed by atoms with Crippen LogP contribution < -0.4 is 0 Å². The summed E-state index contributed by atoms with van der Waals surface area (Å²) in [7, 11) is 0. The van der Waals surface area contributed by atoms with Gasteiger partial charge in [0, 0.05) is 20.8 Å². The van der Waals surface area contributed by atoms with Gasteiger partial charge in [-0.05, 0) is 0 Å². The van der Waals surface area contributed by atoms with E-state index < -0.39 is 17.9 Å². The predicted octanol–water partition coefficient (Wildman–Crippen LogP) is 0.699. The normalized spacial score (nSPS) is 5.29. The van der Waals surface area contributed by atoms with Gasteiger partial charge < -0.3 is 30.9 Å². The number of carboxylic acid groups (broad SMARTS) is 3. The van der Waals surface area contributed by atoms with Crippen LogP contribution in [0.25, 0.3) is 0 Å². The van der Waals surface area contributed by atoms with E-state index >= 15 is 0 Å². The minimum absolute atomic E-state index is 0.833. The Balaban J connectivity index is -0.0000000324. The summed E-state index contributed by atoms with van der Waals surface area (Å²) in [6.07, 6.45) is 0. The first-order chi connectivity index (χ1) is 9.44. The Morgan fingerprint density at radius 1 is 0.571 bits per heavy atom. The molecule has 15 heteroatoms. The van der Waals surface area contributed by atoms with Gasteiger partial charge in [0.2, 0.25) is 0 Å². The number of carboxylic acids is 3. The number of hydrogen-bond donors (Lipinski definition) is 6. The highest BCUT2D eigenvalue weighted by Gasteiger charge is 1.66. The quantitative estimate of drug-likeness (QED) is 0.266. The van der Waals surface area contributed by atoms with E-state index in [0.29, 0.717) is 0 Å². The molecule has 0 aromatic heterocycles. The fourth-order valence-electron chi connectivity index (χ4n) is 0. The zero-order valence-corrected chi connectivity index (χ0v) is 11.0. The SMILES string of the molecule is CC(=O)O.CC(=O)O.CC(=O)O.O=NO.O=NO.O=NO. The molecule has 0 aliphatic rings. The first-order valence-electron chi connectivity index (χ1n) is 3.93. The van der Waals surface area contributed by atoms with Gasteiger partial charge in [0.05, 0.1) is 0 Å². The van der Waals surface area contributed by atoms with Crippen LogP contribution in [0.5, 0.6) is 0 Å². The van der Waals surface area contributed by atoms with Crippen molar-refractivity contribution in [3.8, 4) is 0 Å². The number of nitrogens with zero attached hydrogens (tertiary/aromatic N) is 3. The molecule has 0 saturated carbocycles. The first kappa shape index (κ1) is 36.0. The summed E-state index contributed by atoms with van der Waals surface area (Å²) in [6.45, 7) is 3.25. The molecular weight excluding hydrogens is 306 g/mol. The molecule has 0 spiro atoms. The van der Waals surface area contributed by atoms with Crippen LogP contribution in [0.2, 0.25) is 0 Å². The molecule has 0 saturated heterocycles. The average molecular weight is 321 g/mol. The van der Waals surface area contributed by atoms with Gasteiger partial charge in [-0.25, -0.2) is 0 Å². The maximum atomic E-state index is 9.00. The van der Waals surface area contributed by atoms with E-state index in [1.165, 1.54) is 16.0 Å². The van der Waals surface area contributed by atoms with Gasteiger partial charge in [-0.3, -0.25) is 14.4 Å². The highest BCUT2D eigenvalue weighted by molar-refractivity contribution is 5.63. The highest BCUT2D eigenvalue weighted by Crippen LogP contribution is 1.42. The Morgan fingerprint density at radius 2 is 0.571 bits per heavy atom. The largest absolute Gasteiger partial charge is 0.481 e. The van der Waals surface area contributed by atoms with E-state index in [1.54, 1.807) is 0 Å². The minimum Gasteiger partial charge on any atom is -0.481 e. The molecule has 0 bridgehead atoms. The van der Waals surface area contributed by atoms with Gasteiger partial charge in [-0.2, -0.15) is 0 Å². The lowest BCUT2D eigenvalue weighted by atomic mass is 10.9. The third-order valence-electron chi connectivity index (χ3n) is 0. The van der Waals surface area contributed by atoms with Crippen molar-refractivity contribution in [3.63, 3.8) is 0 Å². The number of aliphatic carboxylic acids is 3. The van der Waals surface area contributed by atoms with Crippen molar-refractivity contribution in [2.24, 2.45) is 16.0 Å². The molecule has 0 atom stereocenters. The second-order valence-corrected chi connectivity index (χ2v) is 1.80. The van der Waals surface area contributed by atoms with Crippen LogP contribution in [0, 0.1) is 14.7 Å². The molecule has 0 heterocycles. The zero-order chi connectivity index (χ0) is 18.9. The van der Waals surface area contributed by atoms with Crippen molar-refractivity contribution in [1.82, 2.24) is 0 Å². The molecule has 0 aromatic carbocycles. The van der Waals surface area contributed by atoms with E-state index in [1.807, 2.05) is 0 Å². The third kappa shape index (κ3) is 309. The summed E-state index contributed by atoms with van der Waals surface area (Å²) >= 11 is 0. The molecule has 126 valence electrons. The fourth-order valence-corrected chi connectivity index (χ4v) is 0. The van der Waals surface area contributed by atoms with Crippen molar-refractivity contribution in [3.05, 3.63) is 14.7 Å². The maximum absolute atomic E-state index is 9.00. The zero-order valence-electron chi connectivity index (χ0n) is 11.0. The van der Waals surface area contributed by atoms with Crippen molar-refractivity contribution < 1.29 is 45.3 Å². The van der Waals surface area contributed by atoms with Gasteiger partial charge in [0.25, 0.3) is 17.9 Å². The minimum atomic E-state index is -0.833. The molecule has 0 aliphatic heterocycles. The van der Waals surface area contributed by atoms with Gasteiger partial charge in [-0.15, -0.1) is 14.7 Å². The molecule has 15 nitrogen and oxygen atoms in total. The van der Waals surface area contributed by atoms with E-state index in [9.17, 15) is 0 Å². The van der Waals surface area contributed by atoms with Crippen LogP contribution in [0.4, 0.5) is 0 Å². The van der Waals surface area contributed by atoms with Crippen LogP contribution >= 0.6 is 0 Å². The highest BCUT2D eigenvalue weighted by atomic mass is 16.6. The Hall–Kier alpha value is -3.39. The summed E-state index contributed by atoms with van der Waals surface area (Å²) in [5, 5.41) is 45.9.